The molecule has 3 atom stereocenters. The highest BCUT2D eigenvalue weighted by molar-refractivity contribution is 5.85. The van der Waals surface area contributed by atoms with Crippen molar-refractivity contribution in [2.24, 2.45) is 17.4 Å². The number of hydrogen-bond acceptors (Lipinski definition) is 4. The molecule has 0 aromatic carbocycles. The van der Waals surface area contributed by atoms with Crippen molar-refractivity contribution in [2.75, 3.05) is 0 Å². The van der Waals surface area contributed by atoms with Gasteiger partial charge in [0.1, 0.15) is 11.6 Å². The van der Waals surface area contributed by atoms with E-state index in [1.54, 1.807) is 24.2 Å². The van der Waals surface area contributed by atoms with Gasteiger partial charge in [-0.05, 0) is 12.5 Å². The zero-order valence-electron chi connectivity index (χ0n) is 10.1. The first-order valence-corrected chi connectivity index (χ1v) is 5.62. The third-order valence-corrected chi connectivity index (χ3v) is 3.38. The van der Waals surface area contributed by atoms with Gasteiger partial charge in [-0.3, -0.25) is 4.79 Å². The summed E-state index contributed by atoms with van der Waals surface area (Å²) < 4.78 is 15.0. The molecule has 0 spiro atoms. The number of nitrogens with one attached hydrogen (secondary N) is 1. The van der Waals surface area contributed by atoms with Crippen molar-refractivity contribution in [3.05, 3.63) is 29.6 Å². The number of carbonyl (C=O) groups excluding carboxylic acids is 2. The predicted molar refractivity (Wildman–Crippen MR) is 70.5 cm³/mol. The molecule has 1 aliphatic heterocycles. The summed E-state index contributed by atoms with van der Waals surface area (Å²) in [6.07, 6.45) is 5.39. The van der Waals surface area contributed by atoms with Crippen LogP contribution in [0.4, 0.5) is 4.39 Å². The molecule has 1 heterocycles. The fourth-order valence-electron chi connectivity index (χ4n) is 2.39. The average molecular weight is 288 g/mol. The van der Waals surface area contributed by atoms with Crippen LogP contribution in [0.1, 0.15) is 12.8 Å². The molecule has 0 saturated carbocycles. The quantitative estimate of drug-likeness (QED) is 0.641. The first-order valence-electron chi connectivity index (χ1n) is 5.62. The second kappa shape index (κ2) is 5.57. The van der Waals surface area contributed by atoms with Gasteiger partial charge in [0.05, 0.1) is 6.04 Å². The highest BCUT2D eigenvalue weighted by atomic mass is 35.5. The van der Waals surface area contributed by atoms with Gasteiger partial charge in [0, 0.05) is 18.0 Å². The third kappa shape index (κ3) is 2.56. The first kappa shape index (κ1) is 15.4. The van der Waals surface area contributed by atoms with E-state index in [0.717, 1.165) is 0 Å². The molecular formula is C12H15ClFN3O2. The van der Waals surface area contributed by atoms with Crippen molar-refractivity contribution < 1.29 is 14.0 Å². The maximum Gasteiger partial charge on any atom is 0.234 e. The number of halogens is 2. The predicted octanol–water partition coefficient (Wildman–Crippen LogP) is 0.0979. The van der Waals surface area contributed by atoms with E-state index in [9.17, 15) is 14.0 Å². The Morgan fingerprint density at radius 3 is 2.95 bits per heavy atom. The summed E-state index contributed by atoms with van der Waals surface area (Å²) in [7, 11) is 0. The molecule has 5 N–H and O–H groups in total. The van der Waals surface area contributed by atoms with Crippen LogP contribution in [0.2, 0.25) is 0 Å². The summed E-state index contributed by atoms with van der Waals surface area (Å²) in [4.78, 5) is 21.8. The van der Waals surface area contributed by atoms with Crippen LogP contribution in [0.3, 0.4) is 0 Å². The number of hydrogen-bond donors (Lipinski definition) is 3. The Kier molecular flexibility index (Phi) is 4.52. The Morgan fingerprint density at radius 2 is 2.37 bits per heavy atom. The molecular weight excluding hydrogens is 273 g/mol. The molecule has 2 rings (SSSR count). The third-order valence-electron chi connectivity index (χ3n) is 3.38. The number of alkyl halides is 1. The highest BCUT2D eigenvalue weighted by Crippen LogP contribution is 2.45. The molecule has 1 aliphatic carbocycles. The lowest BCUT2D eigenvalue weighted by Crippen LogP contribution is -2.45. The number of primary amides is 1. The van der Waals surface area contributed by atoms with Gasteiger partial charge in [0.25, 0.3) is 0 Å². The maximum absolute atomic E-state index is 15.0. The molecule has 1 fully saturated rings. The topological polar surface area (TPSA) is 98.2 Å². The average Bonchev–Trinajstić information content (AvgIpc) is 2.62. The van der Waals surface area contributed by atoms with Crippen LogP contribution in [-0.2, 0) is 9.59 Å². The van der Waals surface area contributed by atoms with Gasteiger partial charge in [-0.25, -0.2) is 9.18 Å². The summed E-state index contributed by atoms with van der Waals surface area (Å²) in [5.41, 5.74) is 8.93. The van der Waals surface area contributed by atoms with Crippen molar-refractivity contribution in [2.45, 2.75) is 24.6 Å². The van der Waals surface area contributed by atoms with Gasteiger partial charge < -0.3 is 16.8 Å². The lowest BCUT2D eigenvalue weighted by atomic mass is 9.80. The van der Waals surface area contributed by atoms with Crippen LogP contribution in [0, 0.1) is 5.92 Å². The van der Waals surface area contributed by atoms with Gasteiger partial charge in [-0.2, -0.15) is 0 Å². The number of fused-ring (bicyclic) bond motifs is 1. The molecule has 7 heteroatoms. The van der Waals surface area contributed by atoms with Gasteiger partial charge in [-0.1, -0.05) is 12.2 Å². The molecule has 1 amide bonds. The highest BCUT2D eigenvalue weighted by Gasteiger charge is 2.52. The molecule has 104 valence electrons. The van der Waals surface area contributed by atoms with Crippen molar-refractivity contribution in [1.82, 2.24) is 5.32 Å². The summed E-state index contributed by atoms with van der Waals surface area (Å²) in [5, 5.41) is 2.70. The van der Waals surface area contributed by atoms with Crippen LogP contribution >= 0.6 is 12.4 Å². The summed E-state index contributed by atoms with van der Waals surface area (Å²) in [5.74, 6) is 0.231. The molecule has 0 aromatic heterocycles. The van der Waals surface area contributed by atoms with E-state index in [1.807, 2.05) is 0 Å². The van der Waals surface area contributed by atoms with Crippen LogP contribution in [0.15, 0.2) is 29.6 Å². The molecule has 0 radical (unpaired) electrons. The standard InChI is InChI=1S/C12H14FN3O2.ClH/c13-12(5-8(14)11(15)18)7-3-1-2-4-9(7)16-10(12)6-17;/h1-2,4,7-8,16H,3,5,14H2,(H2,15,18);1H/t7?,8-,12?;/m0./s1. The molecule has 1 saturated heterocycles. The normalized spacial score (nSPS) is 29.5. The Bertz CT molecular complexity index is 499. The maximum atomic E-state index is 15.0. The second-order valence-electron chi connectivity index (χ2n) is 4.52. The van der Waals surface area contributed by atoms with Crippen LogP contribution in [0.25, 0.3) is 0 Å². The minimum Gasteiger partial charge on any atom is -0.368 e. The molecule has 2 aliphatic rings. The number of nitrogens with two attached hydrogens (primary N) is 2. The van der Waals surface area contributed by atoms with E-state index in [1.165, 1.54) is 0 Å². The van der Waals surface area contributed by atoms with E-state index in [-0.39, 0.29) is 24.5 Å². The fourth-order valence-corrected chi connectivity index (χ4v) is 2.39. The summed E-state index contributed by atoms with van der Waals surface area (Å²) >= 11 is 0. The fraction of sp³-hybridized carbons (Fsp3) is 0.417. The second-order valence-corrected chi connectivity index (χ2v) is 4.52. The minimum absolute atomic E-state index is 0. The van der Waals surface area contributed by atoms with Crippen LogP contribution in [-0.4, -0.2) is 23.6 Å². The molecule has 0 bridgehead atoms. The van der Waals surface area contributed by atoms with Crippen molar-refractivity contribution in [3.63, 3.8) is 0 Å². The SMILES string of the molecule is Cl.NC(=O)[C@@H](N)CC1(F)C(=C=O)NC2=CC=CCC21. The number of carbonyl (C=O) groups is 1. The van der Waals surface area contributed by atoms with Crippen LogP contribution in [0.5, 0.6) is 0 Å². The number of allylic oxidation sites excluding steroid dienone is 5. The molecule has 19 heavy (non-hydrogen) atoms. The molecule has 0 aromatic rings. The Labute approximate surface area is 116 Å². The summed E-state index contributed by atoms with van der Waals surface area (Å²) in [6, 6.07) is -1.13. The zero-order valence-corrected chi connectivity index (χ0v) is 10.9. The summed E-state index contributed by atoms with van der Waals surface area (Å²) in [6.45, 7) is 0. The van der Waals surface area contributed by atoms with E-state index >= 15 is 0 Å². The molecule has 2 unspecified atom stereocenters. The van der Waals surface area contributed by atoms with Crippen molar-refractivity contribution >= 4 is 24.3 Å². The zero-order chi connectivity index (χ0) is 13.3. The van der Waals surface area contributed by atoms with E-state index in [4.69, 9.17) is 11.5 Å². The molecule has 5 nitrogen and oxygen atoms in total. The van der Waals surface area contributed by atoms with E-state index in [2.05, 4.69) is 5.32 Å². The van der Waals surface area contributed by atoms with Gasteiger partial charge in [0.15, 0.2) is 5.67 Å². The monoisotopic (exact) mass is 287 g/mol. The van der Waals surface area contributed by atoms with E-state index < -0.39 is 23.5 Å². The lowest BCUT2D eigenvalue weighted by molar-refractivity contribution is -0.120. The lowest BCUT2D eigenvalue weighted by Gasteiger charge is -2.27. The van der Waals surface area contributed by atoms with Gasteiger partial charge >= 0.3 is 0 Å². The number of rotatable bonds is 3. The first-order chi connectivity index (χ1) is 8.49. The van der Waals surface area contributed by atoms with Crippen molar-refractivity contribution in [1.29, 1.82) is 0 Å². The smallest absolute Gasteiger partial charge is 0.234 e. The minimum atomic E-state index is -2.01. The van der Waals surface area contributed by atoms with Crippen molar-refractivity contribution in [3.8, 4) is 0 Å². The van der Waals surface area contributed by atoms with Crippen LogP contribution < -0.4 is 16.8 Å². The Balaban J connectivity index is 0.00000180. The number of amides is 1. The van der Waals surface area contributed by atoms with E-state index in [0.29, 0.717) is 12.1 Å². The Morgan fingerprint density at radius 1 is 1.68 bits per heavy atom. The largest absolute Gasteiger partial charge is 0.368 e. The van der Waals surface area contributed by atoms with Gasteiger partial charge in [-0.15, -0.1) is 12.4 Å². The Hall–Kier alpha value is -1.62. The van der Waals surface area contributed by atoms with Gasteiger partial charge in [0.2, 0.25) is 5.91 Å².